The molecule has 3 heterocycles. The molecule has 0 aromatic carbocycles. The van der Waals surface area contributed by atoms with E-state index in [1.54, 1.807) is 0 Å². The molecule has 22 heavy (non-hydrogen) atoms. The number of hydrogen-bond acceptors (Lipinski definition) is 4. The van der Waals surface area contributed by atoms with Crippen molar-refractivity contribution >= 4 is 0 Å². The number of likely N-dealkylation sites (tertiary alicyclic amines) is 1. The van der Waals surface area contributed by atoms with E-state index in [0.717, 1.165) is 32.1 Å². The largest absolute Gasteiger partial charge is 0.312 e. The van der Waals surface area contributed by atoms with Crippen LogP contribution in [0.15, 0.2) is 24.5 Å². The van der Waals surface area contributed by atoms with E-state index < -0.39 is 0 Å². The maximum absolute atomic E-state index is 4.37. The lowest BCUT2D eigenvalue weighted by Crippen LogP contribution is -2.52. The molecule has 2 aliphatic rings. The summed E-state index contributed by atoms with van der Waals surface area (Å²) in [6, 6.07) is 5.38. The van der Waals surface area contributed by atoms with Crippen LogP contribution in [0.5, 0.6) is 0 Å². The third-order valence-electron chi connectivity index (χ3n) is 5.08. The number of piperidine rings is 1. The zero-order valence-corrected chi connectivity index (χ0v) is 14.0. The van der Waals surface area contributed by atoms with E-state index in [4.69, 9.17) is 0 Å². The Hall–Kier alpha value is -0.970. The Kier molecular flexibility index (Phi) is 5.45. The van der Waals surface area contributed by atoms with Crippen molar-refractivity contribution in [3.8, 4) is 0 Å². The molecule has 1 N–H and O–H groups in total. The third kappa shape index (κ3) is 4.06. The summed E-state index contributed by atoms with van der Waals surface area (Å²) < 4.78 is 0. The lowest BCUT2D eigenvalue weighted by Gasteiger charge is -2.41. The van der Waals surface area contributed by atoms with E-state index in [-0.39, 0.29) is 0 Å². The summed E-state index contributed by atoms with van der Waals surface area (Å²) in [5, 5.41) is 3.56. The van der Waals surface area contributed by atoms with Gasteiger partial charge in [0.1, 0.15) is 0 Å². The van der Waals surface area contributed by atoms with Gasteiger partial charge in [0.2, 0.25) is 0 Å². The van der Waals surface area contributed by atoms with E-state index in [0.29, 0.717) is 12.1 Å². The molecule has 2 fully saturated rings. The molecule has 3 rings (SSSR count). The molecule has 0 amide bonds. The first-order chi connectivity index (χ1) is 10.7. The van der Waals surface area contributed by atoms with Crippen LogP contribution in [0.2, 0.25) is 0 Å². The highest BCUT2D eigenvalue weighted by molar-refractivity contribution is 5.15. The Balaban J connectivity index is 1.74. The third-order valence-corrected chi connectivity index (χ3v) is 5.08. The fraction of sp³-hybridized carbons (Fsp3) is 0.722. The van der Waals surface area contributed by atoms with Crippen LogP contribution < -0.4 is 5.32 Å². The molecule has 0 aliphatic carbocycles. The molecule has 0 saturated carbocycles. The van der Waals surface area contributed by atoms with Gasteiger partial charge in [-0.05, 0) is 43.9 Å². The van der Waals surface area contributed by atoms with Crippen molar-refractivity contribution in [3.63, 3.8) is 0 Å². The van der Waals surface area contributed by atoms with E-state index in [1.165, 1.54) is 31.5 Å². The SMILES string of the molecule is CC1CCCN(CC(c2cccnc2)N2CCNC(C)C2)C1. The second-order valence-electron chi connectivity index (χ2n) is 7.16. The van der Waals surface area contributed by atoms with Crippen LogP contribution in [-0.4, -0.2) is 60.1 Å². The molecule has 2 saturated heterocycles. The molecule has 1 aromatic heterocycles. The van der Waals surface area contributed by atoms with Crippen LogP contribution in [0.3, 0.4) is 0 Å². The molecule has 3 unspecified atom stereocenters. The molecular weight excluding hydrogens is 272 g/mol. The number of piperazine rings is 1. The Labute approximate surface area is 134 Å². The Bertz CT molecular complexity index is 450. The molecule has 1 aromatic rings. The van der Waals surface area contributed by atoms with E-state index in [9.17, 15) is 0 Å². The van der Waals surface area contributed by atoms with Gasteiger partial charge in [-0.15, -0.1) is 0 Å². The van der Waals surface area contributed by atoms with E-state index in [1.807, 2.05) is 6.20 Å². The molecule has 122 valence electrons. The summed E-state index contributed by atoms with van der Waals surface area (Å²) in [7, 11) is 0. The lowest BCUT2D eigenvalue weighted by molar-refractivity contribution is 0.0894. The minimum Gasteiger partial charge on any atom is -0.312 e. The highest BCUT2D eigenvalue weighted by Crippen LogP contribution is 2.25. The molecule has 3 atom stereocenters. The summed E-state index contributed by atoms with van der Waals surface area (Å²) >= 11 is 0. The van der Waals surface area contributed by atoms with Gasteiger partial charge in [0, 0.05) is 57.2 Å². The Morgan fingerprint density at radius 1 is 1.32 bits per heavy atom. The number of aromatic nitrogens is 1. The predicted molar refractivity (Wildman–Crippen MR) is 90.9 cm³/mol. The second kappa shape index (κ2) is 7.53. The topological polar surface area (TPSA) is 31.4 Å². The Morgan fingerprint density at radius 3 is 2.95 bits per heavy atom. The first kappa shape index (κ1) is 15.9. The average molecular weight is 302 g/mol. The molecule has 0 bridgehead atoms. The van der Waals surface area contributed by atoms with Gasteiger partial charge in [0.25, 0.3) is 0 Å². The fourth-order valence-electron chi connectivity index (χ4n) is 3.95. The monoisotopic (exact) mass is 302 g/mol. The van der Waals surface area contributed by atoms with Crippen molar-refractivity contribution in [1.82, 2.24) is 20.1 Å². The highest BCUT2D eigenvalue weighted by Gasteiger charge is 2.28. The first-order valence-electron chi connectivity index (χ1n) is 8.82. The molecule has 2 aliphatic heterocycles. The van der Waals surface area contributed by atoms with Crippen molar-refractivity contribution in [2.75, 3.05) is 39.3 Å². The maximum Gasteiger partial charge on any atom is 0.0491 e. The maximum atomic E-state index is 4.37. The van der Waals surface area contributed by atoms with E-state index >= 15 is 0 Å². The van der Waals surface area contributed by atoms with Gasteiger partial charge in [0.15, 0.2) is 0 Å². The van der Waals surface area contributed by atoms with Crippen LogP contribution >= 0.6 is 0 Å². The number of pyridine rings is 1. The summed E-state index contributed by atoms with van der Waals surface area (Å²) in [6.45, 7) is 11.7. The van der Waals surface area contributed by atoms with Gasteiger partial charge in [-0.1, -0.05) is 13.0 Å². The van der Waals surface area contributed by atoms with Gasteiger partial charge in [-0.3, -0.25) is 9.88 Å². The van der Waals surface area contributed by atoms with Crippen molar-refractivity contribution in [3.05, 3.63) is 30.1 Å². The summed E-state index contributed by atoms with van der Waals surface area (Å²) in [5.74, 6) is 0.838. The van der Waals surface area contributed by atoms with Crippen LogP contribution in [0, 0.1) is 5.92 Å². The van der Waals surface area contributed by atoms with Crippen LogP contribution in [0.1, 0.15) is 38.3 Å². The number of hydrogen-bond donors (Lipinski definition) is 1. The fourth-order valence-corrected chi connectivity index (χ4v) is 3.95. The van der Waals surface area contributed by atoms with Gasteiger partial charge in [-0.25, -0.2) is 0 Å². The van der Waals surface area contributed by atoms with Gasteiger partial charge in [-0.2, -0.15) is 0 Å². The smallest absolute Gasteiger partial charge is 0.0491 e. The van der Waals surface area contributed by atoms with Crippen LogP contribution in [0.25, 0.3) is 0 Å². The standard InChI is InChI=1S/C18H30N4/c1-15-5-4-9-21(12-15)14-18(17-6-3-7-19-11-17)22-10-8-20-16(2)13-22/h3,6-7,11,15-16,18,20H,4-5,8-10,12-14H2,1-2H3. The summed E-state index contributed by atoms with van der Waals surface area (Å²) in [4.78, 5) is 9.68. The minimum atomic E-state index is 0.476. The Morgan fingerprint density at radius 2 is 2.23 bits per heavy atom. The van der Waals surface area contributed by atoms with Crippen molar-refractivity contribution in [1.29, 1.82) is 0 Å². The number of rotatable bonds is 4. The minimum absolute atomic E-state index is 0.476. The van der Waals surface area contributed by atoms with Crippen LogP contribution in [-0.2, 0) is 0 Å². The molecule has 0 spiro atoms. The highest BCUT2D eigenvalue weighted by atomic mass is 15.3. The van der Waals surface area contributed by atoms with Gasteiger partial charge >= 0.3 is 0 Å². The summed E-state index contributed by atoms with van der Waals surface area (Å²) in [6.07, 6.45) is 6.67. The molecule has 4 heteroatoms. The molecular formula is C18H30N4. The average Bonchev–Trinajstić information content (AvgIpc) is 2.53. The number of nitrogens with one attached hydrogen (secondary N) is 1. The van der Waals surface area contributed by atoms with Gasteiger partial charge in [0.05, 0.1) is 0 Å². The number of nitrogens with zero attached hydrogens (tertiary/aromatic N) is 3. The quantitative estimate of drug-likeness (QED) is 0.923. The summed E-state index contributed by atoms with van der Waals surface area (Å²) in [5.41, 5.74) is 1.37. The zero-order chi connectivity index (χ0) is 15.4. The predicted octanol–water partition coefficient (Wildman–Crippen LogP) is 2.15. The van der Waals surface area contributed by atoms with Crippen molar-refractivity contribution in [2.24, 2.45) is 5.92 Å². The zero-order valence-electron chi connectivity index (χ0n) is 14.0. The van der Waals surface area contributed by atoms with Crippen molar-refractivity contribution in [2.45, 2.75) is 38.8 Å². The van der Waals surface area contributed by atoms with Crippen LogP contribution in [0.4, 0.5) is 0 Å². The van der Waals surface area contributed by atoms with Crippen molar-refractivity contribution < 1.29 is 0 Å². The van der Waals surface area contributed by atoms with E-state index in [2.05, 4.69) is 52.3 Å². The lowest BCUT2D eigenvalue weighted by atomic mass is 9.98. The molecule has 0 radical (unpaired) electrons. The second-order valence-corrected chi connectivity index (χ2v) is 7.16. The normalized spacial score (nSPS) is 29.4. The molecule has 4 nitrogen and oxygen atoms in total. The van der Waals surface area contributed by atoms with Gasteiger partial charge < -0.3 is 10.2 Å². The first-order valence-corrected chi connectivity index (χ1v) is 8.82.